The number of rotatable bonds is 8. The van der Waals surface area contributed by atoms with Crippen LogP contribution in [0, 0.1) is 3.57 Å². The second-order valence-corrected chi connectivity index (χ2v) is 8.69. The predicted molar refractivity (Wildman–Crippen MR) is 135 cm³/mol. The van der Waals surface area contributed by atoms with Crippen LogP contribution in [0.25, 0.3) is 11.3 Å². The largest absolute Gasteiger partial charge is 0.379 e. The van der Waals surface area contributed by atoms with E-state index in [2.05, 4.69) is 48.1 Å². The number of hydrogen-bond acceptors (Lipinski definition) is 6. The van der Waals surface area contributed by atoms with Crippen molar-refractivity contribution in [3.8, 4) is 11.3 Å². The smallest absolute Gasteiger partial charge is 0.257 e. The van der Waals surface area contributed by atoms with Gasteiger partial charge < -0.3 is 15.4 Å². The van der Waals surface area contributed by atoms with Gasteiger partial charge in [-0.3, -0.25) is 14.7 Å². The van der Waals surface area contributed by atoms with Crippen molar-refractivity contribution in [3.05, 3.63) is 70.1 Å². The van der Waals surface area contributed by atoms with E-state index < -0.39 is 0 Å². The lowest BCUT2D eigenvalue weighted by Gasteiger charge is -2.26. The Hall–Kier alpha value is -2.56. The maximum Gasteiger partial charge on any atom is 0.257 e. The second-order valence-electron chi connectivity index (χ2n) is 7.53. The lowest BCUT2D eigenvalue weighted by molar-refractivity contribution is 0.0378. The highest BCUT2D eigenvalue weighted by molar-refractivity contribution is 14.1. The summed E-state index contributed by atoms with van der Waals surface area (Å²) in [6, 6.07) is 15.2. The third kappa shape index (κ3) is 6.24. The molecule has 0 bridgehead atoms. The van der Waals surface area contributed by atoms with Crippen LogP contribution in [0.3, 0.4) is 0 Å². The molecule has 0 saturated carbocycles. The average Bonchev–Trinajstić information content (AvgIpc) is 2.84. The average molecular weight is 543 g/mol. The zero-order valence-corrected chi connectivity index (χ0v) is 19.9. The number of anilines is 2. The normalized spacial score (nSPS) is 14.2. The van der Waals surface area contributed by atoms with E-state index in [1.807, 2.05) is 42.5 Å². The maximum atomic E-state index is 12.7. The molecule has 1 aromatic carbocycles. The highest BCUT2D eigenvalue weighted by atomic mass is 127. The first-order valence-electron chi connectivity index (χ1n) is 10.7. The molecular weight excluding hydrogens is 517 g/mol. The van der Waals surface area contributed by atoms with Crippen LogP contribution in [0.4, 0.5) is 11.5 Å². The summed E-state index contributed by atoms with van der Waals surface area (Å²) in [5.41, 5.74) is 3.10. The Bertz CT molecular complexity index is 1020. The standard InChI is InChI=1S/C24H26IN5O2/c25-21-7-6-19(16-20(21)22-4-1-2-9-26-22)29-24(31)18-5-8-23(28-17-18)27-10-3-11-30-12-14-32-15-13-30/h1-2,4-9,16-17H,3,10-15H2,(H,27,28)(H,29,31). The summed E-state index contributed by atoms with van der Waals surface area (Å²) in [5, 5.41) is 6.28. The Morgan fingerprint density at radius 2 is 1.97 bits per heavy atom. The number of aromatic nitrogens is 2. The van der Waals surface area contributed by atoms with Gasteiger partial charge in [0.25, 0.3) is 5.91 Å². The van der Waals surface area contributed by atoms with Gasteiger partial charge in [0.1, 0.15) is 5.82 Å². The number of carbonyl (C=O) groups excluding carboxylic acids is 1. The minimum atomic E-state index is -0.190. The number of halogens is 1. The quantitative estimate of drug-likeness (QED) is 0.329. The van der Waals surface area contributed by atoms with Crippen LogP contribution in [0.5, 0.6) is 0 Å². The SMILES string of the molecule is O=C(Nc1ccc(I)c(-c2ccccn2)c1)c1ccc(NCCCN2CCOCC2)nc1. The van der Waals surface area contributed by atoms with Gasteiger partial charge >= 0.3 is 0 Å². The molecule has 32 heavy (non-hydrogen) atoms. The van der Waals surface area contributed by atoms with Crippen molar-refractivity contribution < 1.29 is 9.53 Å². The Morgan fingerprint density at radius 3 is 2.72 bits per heavy atom. The third-order valence-corrected chi connectivity index (χ3v) is 6.19. The molecule has 3 aromatic rings. The van der Waals surface area contributed by atoms with E-state index in [0.29, 0.717) is 5.56 Å². The minimum Gasteiger partial charge on any atom is -0.379 e. The number of morpholine rings is 1. The number of nitrogens with one attached hydrogen (secondary N) is 2. The number of carbonyl (C=O) groups is 1. The molecule has 1 amide bonds. The molecule has 0 spiro atoms. The molecule has 166 valence electrons. The number of hydrogen-bond donors (Lipinski definition) is 2. The van der Waals surface area contributed by atoms with Gasteiger partial charge in [0.05, 0.1) is 24.5 Å². The lowest BCUT2D eigenvalue weighted by Crippen LogP contribution is -2.37. The zero-order valence-electron chi connectivity index (χ0n) is 17.8. The van der Waals surface area contributed by atoms with Gasteiger partial charge in [-0.05, 0) is 78.0 Å². The molecule has 7 nitrogen and oxygen atoms in total. The van der Waals surface area contributed by atoms with Crippen molar-refractivity contribution in [2.45, 2.75) is 6.42 Å². The third-order valence-electron chi connectivity index (χ3n) is 5.25. The molecule has 0 atom stereocenters. The first kappa shape index (κ1) is 22.6. The van der Waals surface area contributed by atoms with Crippen molar-refractivity contribution in [1.82, 2.24) is 14.9 Å². The number of pyridine rings is 2. The molecular formula is C24H26IN5O2. The second kappa shape index (κ2) is 11.3. The number of ether oxygens (including phenoxy) is 1. The zero-order chi connectivity index (χ0) is 22.2. The molecule has 2 aromatic heterocycles. The van der Waals surface area contributed by atoms with Crippen LogP contribution in [0.15, 0.2) is 60.9 Å². The molecule has 1 aliphatic heterocycles. The van der Waals surface area contributed by atoms with Crippen LogP contribution in [-0.2, 0) is 4.74 Å². The van der Waals surface area contributed by atoms with Gasteiger partial charge in [-0.2, -0.15) is 0 Å². The minimum absolute atomic E-state index is 0.190. The number of benzene rings is 1. The Labute approximate surface area is 201 Å². The summed E-state index contributed by atoms with van der Waals surface area (Å²) in [7, 11) is 0. The molecule has 2 N–H and O–H groups in total. The summed E-state index contributed by atoms with van der Waals surface area (Å²) in [4.78, 5) is 23.9. The van der Waals surface area contributed by atoms with Crippen LogP contribution in [0.2, 0.25) is 0 Å². The summed E-state index contributed by atoms with van der Waals surface area (Å²) in [6.07, 6.45) is 4.40. The number of amides is 1. The Morgan fingerprint density at radius 1 is 1.09 bits per heavy atom. The summed E-state index contributed by atoms with van der Waals surface area (Å²) in [5.74, 6) is 0.583. The highest BCUT2D eigenvalue weighted by Crippen LogP contribution is 2.27. The van der Waals surface area contributed by atoms with Gasteiger partial charge in [-0.1, -0.05) is 6.07 Å². The molecule has 0 aliphatic carbocycles. The van der Waals surface area contributed by atoms with E-state index in [1.54, 1.807) is 18.5 Å². The molecule has 8 heteroatoms. The van der Waals surface area contributed by atoms with E-state index >= 15 is 0 Å². The van der Waals surface area contributed by atoms with Gasteiger partial charge in [-0.25, -0.2) is 4.98 Å². The van der Waals surface area contributed by atoms with Crippen molar-refractivity contribution in [1.29, 1.82) is 0 Å². The number of nitrogens with zero attached hydrogens (tertiary/aromatic N) is 3. The molecule has 0 radical (unpaired) electrons. The van der Waals surface area contributed by atoms with Crippen LogP contribution in [0.1, 0.15) is 16.8 Å². The fourth-order valence-electron chi connectivity index (χ4n) is 3.50. The maximum absolute atomic E-state index is 12.7. The van der Waals surface area contributed by atoms with Crippen LogP contribution < -0.4 is 10.6 Å². The van der Waals surface area contributed by atoms with Gasteiger partial charge in [0, 0.05) is 46.8 Å². The molecule has 1 saturated heterocycles. The van der Waals surface area contributed by atoms with E-state index in [0.717, 1.165) is 72.1 Å². The highest BCUT2D eigenvalue weighted by Gasteiger charge is 2.11. The van der Waals surface area contributed by atoms with E-state index in [9.17, 15) is 4.79 Å². The molecule has 3 heterocycles. The van der Waals surface area contributed by atoms with Crippen molar-refractivity contribution in [3.63, 3.8) is 0 Å². The molecule has 1 aliphatic rings. The van der Waals surface area contributed by atoms with Gasteiger partial charge in [0.2, 0.25) is 0 Å². The van der Waals surface area contributed by atoms with E-state index in [1.165, 1.54) is 0 Å². The molecule has 1 fully saturated rings. The van der Waals surface area contributed by atoms with E-state index in [-0.39, 0.29) is 5.91 Å². The fourth-order valence-corrected chi connectivity index (χ4v) is 4.11. The van der Waals surface area contributed by atoms with Crippen LogP contribution >= 0.6 is 22.6 Å². The molecule has 0 unspecified atom stereocenters. The summed E-state index contributed by atoms with van der Waals surface area (Å²) >= 11 is 2.28. The monoisotopic (exact) mass is 543 g/mol. The van der Waals surface area contributed by atoms with Crippen molar-refractivity contribution in [2.75, 3.05) is 50.0 Å². The topological polar surface area (TPSA) is 79.4 Å². The van der Waals surface area contributed by atoms with E-state index in [4.69, 9.17) is 4.74 Å². The predicted octanol–water partition coefficient (Wildman–Crippen LogP) is 4.13. The van der Waals surface area contributed by atoms with Gasteiger partial charge in [0.15, 0.2) is 0 Å². The Kier molecular flexibility index (Phi) is 8.02. The molecule has 4 rings (SSSR count). The first-order chi connectivity index (χ1) is 15.7. The summed E-state index contributed by atoms with van der Waals surface area (Å²) in [6.45, 7) is 5.55. The van der Waals surface area contributed by atoms with Crippen molar-refractivity contribution >= 4 is 40.0 Å². The summed E-state index contributed by atoms with van der Waals surface area (Å²) < 4.78 is 6.45. The lowest BCUT2D eigenvalue weighted by atomic mass is 10.1. The Balaban J connectivity index is 1.30. The first-order valence-corrected chi connectivity index (χ1v) is 11.8. The van der Waals surface area contributed by atoms with Crippen molar-refractivity contribution in [2.24, 2.45) is 0 Å². The van der Waals surface area contributed by atoms with Crippen LogP contribution in [-0.4, -0.2) is 60.2 Å². The fraction of sp³-hybridized carbons (Fsp3) is 0.292. The van der Waals surface area contributed by atoms with Gasteiger partial charge in [-0.15, -0.1) is 0 Å².